The van der Waals surface area contributed by atoms with Gasteiger partial charge < -0.3 is 14.4 Å². The maximum atomic E-state index is 12.7. The molecule has 1 unspecified atom stereocenters. The molecule has 156 valence electrons. The van der Waals surface area contributed by atoms with Gasteiger partial charge in [-0.05, 0) is 49.5 Å². The number of nitrogens with zero attached hydrogens (tertiary/aromatic N) is 1. The van der Waals surface area contributed by atoms with E-state index < -0.39 is 0 Å². The highest BCUT2D eigenvalue weighted by Crippen LogP contribution is 2.49. The van der Waals surface area contributed by atoms with Crippen molar-refractivity contribution in [1.82, 2.24) is 4.90 Å². The number of ether oxygens (including phenoxy) is 2. The van der Waals surface area contributed by atoms with Gasteiger partial charge in [0.05, 0.1) is 7.11 Å². The first kappa shape index (κ1) is 21.4. The number of methoxy groups -OCH3 is 1. The van der Waals surface area contributed by atoms with Gasteiger partial charge in [-0.25, -0.2) is 0 Å². The van der Waals surface area contributed by atoms with Gasteiger partial charge in [0, 0.05) is 24.4 Å². The van der Waals surface area contributed by atoms with Gasteiger partial charge in [0.2, 0.25) is 0 Å². The van der Waals surface area contributed by atoms with Crippen molar-refractivity contribution in [3.05, 3.63) is 24.3 Å². The number of hydrogen-bond acceptors (Lipinski definition) is 4. The Bertz CT molecular complexity index is 628. The first-order valence-electron chi connectivity index (χ1n) is 10.8. The van der Waals surface area contributed by atoms with Crippen LogP contribution in [-0.4, -0.2) is 48.6 Å². The van der Waals surface area contributed by atoms with Gasteiger partial charge in [-0.1, -0.05) is 38.2 Å². The molecule has 4 nitrogen and oxygen atoms in total. The molecule has 3 rings (SSSR count). The molecule has 1 aliphatic heterocycles. The van der Waals surface area contributed by atoms with E-state index in [4.69, 9.17) is 9.47 Å². The molecule has 0 aromatic heterocycles. The van der Waals surface area contributed by atoms with E-state index in [0.717, 1.165) is 18.8 Å². The van der Waals surface area contributed by atoms with Crippen LogP contribution in [0.1, 0.15) is 58.3 Å². The summed E-state index contributed by atoms with van der Waals surface area (Å²) in [4.78, 5) is 14.7. The van der Waals surface area contributed by atoms with Gasteiger partial charge >= 0.3 is 0 Å². The van der Waals surface area contributed by atoms with Crippen molar-refractivity contribution >= 4 is 17.7 Å². The molecule has 1 aliphatic carbocycles. The molecular formula is C23H35NO3S. The lowest BCUT2D eigenvalue weighted by molar-refractivity contribution is -0.133. The molecule has 1 amide bonds. The monoisotopic (exact) mass is 405 g/mol. The molecular weight excluding hydrogens is 370 g/mol. The fourth-order valence-electron chi connectivity index (χ4n) is 4.60. The maximum absolute atomic E-state index is 12.7. The van der Waals surface area contributed by atoms with Crippen LogP contribution in [0.5, 0.6) is 11.5 Å². The lowest BCUT2D eigenvalue weighted by Crippen LogP contribution is -2.39. The number of carbonyl (C=O) groups excluding carboxylic acids is 1. The summed E-state index contributed by atoms with van der Waals surface area (Å²) >= 11 is 2.09. The van der Waals surface area contributed by atoms with Crippen molar-refractivity contribution in [1.29, 1.82) is 0 Å². The Kier molecular flexibility index (Phi) is 7.95. The number of benzene rings is 1. The van der Waals surface area contributed by atoms with Gasteiger partial charge in [-0.2, -0.15) is 11.8 Å². The third-order valence-corrected chi connectivity index (χ3v) is 7.83. The summed E-state index contributed by atoms with van der Waals surface area (Å²) in [6, 6.07) is 7.42. The van der Waals surface area contributed by atoms with Crippen molar-refractivity contribution in [2.24, 2.45) is 5.41 Å². The first-order valence-corrected chi connectivity index (χ1v) is 11.9. The molecule has 1 saturated heterocycles. The van der Waals surface area contributed by atoms with Crippen LogP contribution in [0.3, 0.4) is 0 Å². The molecule has 1 saturated carbocycles. The average Bonchev–Trinajstić information content (AvgIpc) is 3.11. The van der Waals surface area contributed by atoms with Crippen molar-refractivity contribution in [3.8, 4) is 11.5 Å². The summed E-state index contributed by atoms with van der Waals surface area (Å²) in [7, 11) is 1.63. The van der Waals surface area contributed by atoms with E-state index >= 15 is 0 Å². The van der Waals surface area contributed by atoms with Gasteiger partial charge in [0.1, 0.15) is 11.5 Å². The van der Waals surface area contributed by atoms with E-state index in [9.17, 15) is 4.79 Å². The summed E-state index contributed by atoms with van der Waals surface area (Å²) in [5.74, 6) is 2.77. The molecule has 1 aromatic carbocycles. The summed E-state index contributed by atoms with van der Waals surface area (Å²) in [5.41, 5.74) is 0.537. The molecule has 28 heavy (non-hydrogen) atoms. The van der Waals surface area contributed by atoms with Crippen LogP contribution in [0.4, 0.5) is 0 Å². The standard InChI is InChI=1S/C23H35NO3S/c1-3-24(22(25)17-27-20-11-9-10-19(14-20)26-2)16-21-15-23(18-28-21)12-7-5-4-6-8-13-23/h9-11,14,21H,3-8,12-13,15-18H2,1-2H3. The second-order valence-corrected chi connectivity index (χ2v) is 9.59. The quantitative estimate of drug-likeness (QED) is 0.628. The van der Waals surface area contributed by atoms with Crippen molar-refractivity contribution in [2.75, 3.05) is 32.6 Å². The van der Waals surface area contributed by atoms with E-state index in [1.807, 2.05) is 29.2 Å². The second kappa shape index (κ2) is 10.4. The topological polar surface area (TPSA) is 38.8 Å². The third kappa shape index (κ3) is 5.82. The highest BCUT2D eigenvalue weighted by molar-refractivity contribution is 8.00. The molecule has 1 atom stereocenters. The normalized spacial score (nSPS) is 21.7. The van der Waals surface area contributed by atoms with Gasteiger partial charge in [-0.15, -0.1) is 0 Å². The second-order valence-electron chi connectivity index (χ2n) is 8.30. The zero-order chi connectivity index (χ0) is 19.8. The van der Waals surface area contributed by atoms with E-state index in [-0.39, 0.29) is 12.5 Å². The van der Waals surface area contributed by atoms with Crippen molar-refractivity contribution < 1.29 is 14.3 Å². The van der Waals surface area contributed by atoms with Crippen LogP contribution in [0.15, 0.2) is 24.3 Å². The predicted octanol–water partition coefficient (Wildman–Crippen LogP) is 5.16. The fourth-order valence-corrected chi connectivity index (χ4v) is 6.35. The zero-order valence-corrected chi connectivity index (χ0v) is 18.3. The highest BCUT2D eigenvalue weighted by atomic mass is 32.2. The first-order chi connectivity index (χ1) is 13.6. The fraction of sp³-hybridized carbons (Fsp3) is 0.696. The summed E-state index contributed by atoms with van der Waals surface area (Å²) < 4.78 is 10.9. The number of rotatable bonds is 7. The minimum Gasteiger partial charge on any atom is -0.497 e. The van der Waals surface area contributed by atoms with E-state index in [0.29, 0.717) is 16.4 Å². The smallest absolute Gasteiger partial charge is 0.260 e. The van der Waals surface area contributed by atoms with E-state index in [2.05, 4.69) is 18.7 Å². The molecule has 1 heterocycles. The largest absolute Gasteiger partial charge is 0.497 e. The minimum atomic E-state index is 0.0736. The number of hydrogen-bond donors (Lipinski definition) is 0. The number of thioether (sulfide) groups is 1. The maximum Gasteiger partial charge on any atom is 0.260 e. The Balaban J connectivity index is 1.49. The average molecular weight is 406 g/mol. The molecule has 0 bridgehead atoms. The van der Waals surface area contributed by atoms with E-state index in [1.165, 1.54) is 57.1 Å². The van der Waals surface area contributed by atoms with Crippen LogP contribution >= 0.6 is 11.8 Å². The van der Waals surface area contributed by atoms with Gasteiger partial charge in [-0.3, -0.25) is 4.79 Å². The molecule has 0 radical (unpaired) electrons. The summed E-state index contributed by atoms with van der Waals surface area (Å²) in [6.45, 7) is 3.74. The van der Waals surface area contributed by atoms with Crippen LogP contribution in [0.25, 0.3) is 0 Å². The highest BCUT2D eigenvalue weighted by Gasteiger charge is 2.39. The lowest BCUT2D eigenvalue weighted by Gasteiger charge is -2.31. The summed E-state index contributed by atoms with van der Waals surface area (Å²) in [5, 5.41) is 0.570. The Labute approximate surface area is 174 Å². The van der Waals surface area contributed by atoms with Gasteiger partial charge in [0.25, 0.3) is 5.91 Å². The van der Waals surface area contributed by atoms with Crippen LogP contribution in [-0.2, 0) is 4.79 Å². The van der Waals surface area contributed by atoms with Gasteiger partial charge in [0.15, 0.2) is 6.61 Å². The van der Waals surface area contributed by atoms with Crippen LogP contribution in [0, 0.1) is 5.41 Å². The Morgan fingerprint density at radius 1 is 1.18 bits per heavy atom. The zero-order valence-electron chi connectivity index (χ0n) is 17.5. The third-order valence-electron chi connectivity index (χ3n) is 6.26. The number of carbonyl (C=O) groups is 1. The number of amides is 1. The molecule has 1 aromatic rings. The predicted molar refractivity (Wildman–Crippen MR) is 116 cm³/mol. The van der Waals surface area contributed by atoms with Crippen LogP contribution < -0.4 is 9.47 Å². The Morgan fingerprint density at radius 3 is 2.61 bits per heavy atom. The van der Waals surface area contributed by atoms with Crippen molar-refractivity contribution in [2.45, 2.75) is 63.5 Å². The lowest BCUT2D eigenvalue weighted by atomic mass is 9.75. The minimum absolute atomic E-state index is 0.0736. The molecule has 2 aliphatic rings. The molecule has 5 heteroatoms. The number of likely N-dealkylation sites (N-methyl/N-ethyl adjacent to an activating group) is 1. The Hall–Kier alpha value is -1.36. The Morgan fingerprint density at radius 2 is 1.89 bits per heavy atom. The molecule has 2 fully saturated rings. The molecule has 0 N–H and O–H groups in total. The van der Waals surface area contributed by atoms with Crippen LogP contribution in [0.2, 0.25) is 0 Å². The summed E-state index contributed by atoms with van der Waals surface area (Å²) in [6.07, 6.45) is 11.0. The SMILES string of the molecule is CCN(CC1CC2(CCCCCCC2)CS1)C(=O)COc1cccc(OC)c1. The molecule has 1 spiro atoms. The van der Waals surface area contributed by atoms with E-state index in [1.54, 1.807) is 7.11 Å². The van der Waals surface area contributed by atoms with Crippen molar-refractivity contribution in [3.63, 3.8) is 0 Å².